The summed E-state index contributed by atoms with van der Waals surface area (Å²) in [7, 11) is 0. The molecule has 0 radical (unpaired) electrons. The van der Waals surface area contributed by atoms with Crippen LogP contribution in [0.1, 0.15) is 41.5 Å². The molecule has 0 heterocycles. The summed E-state index contributed by atoms with van der Waals surface area (Å²) in [4.78, 5) is 22.8. The molecule has 2 unspecified atom stereocenters. The molecule has 0 rings (SSSR count). The molecule has 0 aromatic rings. The first-order chi connectivity index (χ1) is 8.56. The molecule has 0 aliphatic heterocycles. The zero-order valence-corrected chi connectivity index (χ0v) is 12.6. The van der Waals surface area contributed by atoms with Gasteiger partial charge in [-0.2, -0.15) is 0 Å². The molecule has 0 spiro atoms. The van der Waals surface area contributed by atoms with Gasteiger partial charge in [0.2, 0.25) is 0 Å². The quantitative estimate of drug-likeness (QED) is 0.616. The maximum absolute atomic E-state index is 11.8. The number of ether oxygens (including phenoxy) is 2. The topological polar surface area (TPSA) is 64.6 Å². The van der Waals surface area contributed by atoms with Gasteiger partial charge in [-0.05, 0) is 32.8 Å². The Balaban J connectivity index is 4.77. The number of amides is 1. The van der Waals surface area contributed by atoms with E-state index in [4.69, 9.17) is 9.47 Å². The number of hydrogen-bond acceptors (Lipinski definition) is 4. The Morgan fingerprint density at radius 3 is 2.11 bits per heavy atom. The Morgan fingerprint density at radius 2 is 1.79 bits per heavy atom. The van der Waals surface area contributed by atoms with E-state index >= 15 is 0 Å². The molecule has 19 heavy (non-hydrogen) atoms. The molecule has 0 aromatic heterocycles. The SMILES string of the molecule is C=CC(OC(C)=O)C(NC(=O)OC(C)(C)C)C(C)C. The highest BCUT2D eigenvalue weighted by Gasteiger charge is 2.28. The predicted octanol–water partition coefficient (Wildman–Crippen LogP) is 2.65. The van der Waals surface area contributed by atoms with Crippen molar-refractivity contribution in [3.63, 3.8) is 0 Å². The molecule has 0 saturated heterocycles. The molecule has 0 bridgehead atoms. The monoisotopic (exact) mass is 271 g/mol. The predicted molar refractivity (Wildman–Crippen MR) is 73.7 cm³/mol. The zero-order chi connectivity index (χ0) is 15.2. The lowest BCUT2D eigenvalue weighted by Crippen LogP contribution is -2.49. The van der Waals surface area contributed by atoms with Gasteiger partial charge < -0.3 is 14.8 Å². The number of carbonyl (C=O) groups is 2. The van der Waals surface area contributed by atoms with Crippen molar-refractivity contribution in [3.05, 3.63) is 12.7 Å². The van der Waals surface area contributed by atoms with Crippen LogP contribution in [0.25, 0.3) is 0 Å². The number of esters is 1. The van der Waals surface area contributed by atoms with E-state index in [1.807, 2.05) is 13.8 Å². The van der Waals surface area contributed by atoms with E-state index in [0.717, 1.165) is 0 Å². The van der Waals surface area contributed by atoms with Crippen molar-refractivity contribution in [1.29, 1.82) is 0 Å². The smallest absolute Gasteiger partial charge is 0.408 e. The lowest BCUT2D eigenvalue weighted by molar-refractivity contribution is -0.145. The van der Waals surface area contributed by atoms with Gasteiger partial charge in [0.1, 0.15) is 11.7 Å². The molecule has 5 nitrogen and oxygen atoms in total. The molecule has 110 valence electrons. The molecule has 0 saturated carbocycles. The lowest BCUT2D eigenvalue weighted by Gasteiger charge is -2.29. The third-order valence-corrected chi connectivity index (χ3v) is 2.29. The van der Waals surface area contributed by atoms with E-state index in [1.54, 1.807) is 20.8 Å². The van der Waals surface area contributed by atoms with Crippen molar-refractivity contribution >= 4 is 12.1 Å². The highest BCUT2D eigenvalue weighted by atomic mass is 16.6. The Labute approximate surface area is 115 Å². The van der Waals surface area contributed by atoms with Gasteiger partial charge in [-0.3, -0.25) is 4.79 Å². The first kappa shape index (κ1) is 17.5. The number of carbonyl (C=O) groups excluding carboxylic acids is 2. The fourth-order valence-electron chi connectivity index (χ4n) is 1.53. The molecule has 1 N–H and O–H groups in total. The van der Waals surface area contributed by atoms with Gasteiger partial charge in [0, 0.05) is 6.92 Å². The van der Waals surface area contributed by atoms with Crippen LogP contribution in [0.3, 0.4) is 0 Å². The average molecular weight is 271 g/mol. The van der Waals surface area contributed by atoms with Crippen molar-refractivity contribution in [1.82, 2.24) is 5.32 Å². The van der Waals surface area contributed by atoms with Gasteiger partial charge >= 0.3 is 12.1 Å². The molecule has 5 heteroatoms. The van der Waals surface area contributed by atoms with Crippen molar-refractivity contribution in [2.24, 2.45) is 5.92 Å². The summed E-state index contributed by atoms with van der Waals surface area (Å²) in [5.41, 5.74) is -0.573. The first-order valence-electron chi connectivity index (χ1n) is 6.36. The standard InChI is InChI=1S/C14H25NO4/c1-8-11(18-10(4)16)12(9(2)3)15-13(17)19-14(5,6)7/h8-9,11-12H,1H2,2-7H3,(H,15,17). The van der Waals surface area contributed by atoms with Crippen LogP contribution in [-0.2, 0) is 14.3 Å². The van der Waals surface area contributed by atoms with Gasteiger partial charge in [-0.25, -0.2) is 4.79 Å². The molecular formula is C14H25NO4. The number of hydrogen-bond donors (Lipinski definition) is 1. The molecule has 2 atom stereocenters. The number of nitrogens with one attached hydrogen (secondary N) is 1. The second-order valence-electron chi connectivity index (χ2n) is 5.73. The van der Waals surface area contributed by atoms with Gasteiger partial charge in [0.05, 0.1) is 6.04 Å². The minimum Gasteiger partial charge on any atom is -0.456 e. The first-order valence-corrected chi connectivity index (χ1v) is 6.36. The van der Waals surface area contributed by atoms with Gasteiger partial charge in [0.25, 0.3) is 0 Å². The Morgan fingerprint density at radius 1 is 1.26 bits per heavy atom. The highest BCUT2D eigenvalue weighted by molar-refractivity contribution is 5.69. The molecule has 0 aliphatic carbocycles. The molecular weight excluding hydrogens is 246 g/mol. The fourth-order valence-corrected chi connectivity index (χ4v) is 1.53. The lowest BCUT2D eigenvalue weighted by atomic mass is 9.98. The van der Waals surface area contributed by atoms with Crippen LogP contribution in [0, 0.1) is 5.92 Å². The highest BCUT2D eigenvalue weighted by Crippen LogP contribution is 2.13. The maximum Gasteiger partial charge on any atom is 0.408 e. The molecule has 0 aliphatic rings. The van der Waals surface area contributed by atoms with E-state index in [2.05, 4.69) is 11.9 Å². The summed E-state index contributed by atoms with van der Waals surface area (Å²) in [6, 6.07) is -0.378. The van der Waals surface area contributed by atoms with Crippen molar-refractivity contribution in [2.75, 3.05) is 0 Å². The largest absolute Gasteiger partial charge is 0.456 e. The summed E-state index contributed by atoms with van der Waals surface area (Å²) in [6.07, 6.45) is 0.388. The number of alkyl carbamates (subject to hydrolysis) is 1. The van der Waals surface area contributed by atoms with Crippen LogP contribution >= 0.6 is 0 Å². The second kappa shape index (κ2) is 7.16. The van der Waals surface area contributed by atoms with Crippen LogP contribution in [0.5, 0.6) is 0 Å². The Hall–Kier alpha value is -1.52. The van der Waals surface area contributed by atoms with Gasteiger partial charge in [0.15, 0.2) is 0 Å². The van der Waals surface area contributed by atoms with E-state index in [0.29, 0.717) is 0 Å². The van der Waals surface area contributed by atoms with Crippen LogP contribution in [0.4, 0.5) is 4.79 Å². The molecule has 0 aromatic carbocycles. The molecule has 1 amide bonds. The second-order valence-corrected chi connectivity index (χ2v) is 5.73. The van der Waals surface area contributed by atoms with Crippen LogP contribution in [0.15, 0.2) is 12.7 Å². The van der Waals surface area contributed by atoms with Crippen molar-refractivity contribution in [2.45, 2.75) is 59.3 Å². The molecule has 0 fully saturated rings. The fraction of sp³-hybridized carbons (Fsp3) is 0.714. The van der Waals surface area contributed by atoms with E-state index in [-0.39, 0.29) is 12.0 Å². The summed E-state index contributed by atoms with van der Waals surface area (Å²) < 4.78 is 10.3. The van der Waals surface area contributed by atoms with Crippen molar-refractivity contribution in [3.8, 4) is 0 Å². The summed E-state index contributed by atoms with van der Waals surface area (Å²) in [6.45, 7) is 14.1. The third kappa shape index (κ3) is 7.49. The van der Waals surface area contributed by atoms with Crippen LogP contribution < -0.4 is 5.32 Å². The third-order valence-electron chi connectivity index (χ3n) is 2.29. The van der Waals surface area contributed by atoms with Crippen LogP contribution in [-0.4, -0.2) is 29.8 Å². The maximum atomic E-state index is 11.8. The summed E-state index contributed by atoms with van der Waals surface area (Å²) >= 11 is 0. The van der Waals surface area contributed by atoms with Crippen molar-refractivity contribution < 1.29 is 19.1 Å². The van der Waals surface area contributed by atoms with Crippen LogP contribution in [0.2, 0.25) is 0 Å². The van der Waals surface area contributed by atoms with E-state index in [1.165, 1.54) is 13.0 Å². The minimum atomic E-state index is -0.579. The normalized spacial score (nSPS) is 14.5. The Kier molecular flexibility index (Phi) is 6.59. The van der Waals surface area contributed by atoms with E-state index < -0.39 is 23.8 Å². The summed E-state index contributed by atoms with van der Waals surface area (Å²) in [5.74, 6) is -0.351. The summed E-state index contributed by atoms with van der Waals surface area (Å²) in [5, 5.41) is 2.72. The van der Waals surface area contributed by atoms with Gasteiger partial charge in [-0.1, -0.05) is 20.4 Å². The average Bonchev–Trinajstić information content (AvgIpc) is 2.19. The Bertz CT molecular complexity index is 331. The number of rotatable bonds is 5. The van der Waals surface area contributed by atoms with E-state index in [9.17, 15) is 9.59 Å². The minimum absolute atomic E-state index is 0.0647. The zero-order valence-electron chi connectivity index (χ0n) is 12.6. The van der Waals surface area contributed by atoms with Gasteiger partial charge in [-0.15, -0.1) is 0 Å².